The Morgan fingerprint density at radius 1 is 1.39 bits per heavy atom. The van der Waals surface area contributed by atoms with Crippen LogP contribution in [0, 0.1) is 6.92 Å². The first-order valence-corrected chi connectivity index (χ1v) is 9.65. The van der Waals surface area contributed by atoms with Gasteiger partial charge in [0.25, 0.3) is 0 Å². The summed E-state index contributed by atoms with van der Waals surface area (Å²) in [7, 11) is 0. The zero-order valence-electron chi connectivity index (χ0n) is 14.2. The molecule has 0 spiro atoms. The second-order valence-corrected chi connectivity index (χ2v) is 7.24. The van der Waals surface area contributed by atoms with Crippen molar-refractivity contribution in [3.05, 3.63) is 23.9 Å². The van der Waals surface area contributed by atoms with Crippen molar-refractivity contribution in [2.75, 3.05) is 36.0 Å². The molecule has 0 saturated carbocycles. The van der Waals surface area contributed by atoms with Gasteiger partial charge in [-0.15, -0.1) is 0 Å². The number of amides is 2. The van der Waals surface area contributed by atoms with Crippen LogP contribution in [0.2, 0.25) is 0 Å². The number of nitrogens with one attached hydrogen (secondary N) is 2. The fourth-order valence-corrected chi connectivity index (χ4v) is 3.35. The molecule has 1 aliphatic rings. The summed E-state index contributed by atoms with van der Waals surface area (Å²) in [6, 6.07) is 6.36. The van der Waals surface area contributed by atoms with Gasteiger partial charge in [-0.25, -0.2) is 9.78 Å². The number of aryl methyl sites for hydroxylation is 1. The van der Waals surface area contributed by atoms with Gasteiger partial charge in [-0.1, -0.05) is 13.0 Å². The summed E-state index contributed by atoms with van der Waals surface area (Å²) in [6.45, 7) is 6.80. The topological polar surface area (TPSA) is 57.3 Å². The summed E-state index contributed by atoms with van der Waals surface area (Å²) in [5.74, 6) is 3.29. The van der Waals surface area contributed by atoms with Gasteiger partial charge in [0.1, 0.15) is 5.82 Å². The normalized spacial score (nSPS) is 15.5. The van der Waals surface area contributed by atoms with E-state index in [9.17, 15) is 4.79 Å². The third-order valence-corrected chi connectivity index (χ3v) is 4.97. The molecular formula is C17H28N4OS. The number of hydrogen-bond acceptors (Lipinski definition) is 4. The first kappa shape index (κ1) is 17.9. The van der Waals surface area contributed by atoms with Crippen molar-refractivity contribution in [3.63, 3.8) is 0 Å². The number of aromatic nitrogens is 1. The highest BCUT2D eigenvalue weighted by Crippen LogP contribution is 2.18. The molecule has 1 aromatic heterocycles. The maximum absolute atomic E-state index is 11.9. The number of hydrogen-bond donors (Lipinski definition) is 2. The fraction of sp³-hybridized carbons (Fsp3) is 0.647. The largest absolute Gasteiger partial charge is 0.356 e. The summed E-state index contributed by atoms with van der Waals surface area (Å²) in [5, 5.41) is 6.04. The summed E-state index contributed by atoms with van der Waals surface area (Å²) in [5.41, 5.74) is 1.04. The van der Waals surface area contributed by atoms with Crippen molar-refractivity contribution in [2.45, 2.75) is 39.2 Å². The molecule has 0 aromatic carbocycles. The number of thioether (sulfide) groups is 1. The average molecular weight is 337 g/mol. The molecule has 2 N–H and O–H groups in total. The summed E-state index contributed by atoms with van der Waals surface area (Å²) in [4.78, 5) is 18.8. The maximum Gasteiger partial charge on any atom is 0.315 e. The van der Waals surface area contributed by atoms with Crippen molar-refractivity contribution < 1.29 is 4.79 Å². The zero-order valence-corrected chi connectivity index (χ0v) is 15.0. The van der Waals surface area contributed by atoms with Gasteiger partial charge in [0.15, 0.2) is 0 Å². The Hall–Kier alpha value is -1.43. The molecule has 128 valence electrons. The fourth-order valence-electron chi connectivity index (χ4n) is 2.71. The number of rotatable bonds is 7. The highest BCUT2D eigenvalue weighted by atomic mass is 32.2. The van der Waals surface area contributed by atoms with E-state index in [-0.39, 0.29) is 12.1 Å². The van der Waals surface area contributed by atoms with Crippen molar-refractivity contribution in [1.82, 2.24) is 15.6 Å². The maximum atomic E-state index is 11.9. The summed E-state index contributed by atoms with van der Waals surface area (Å²) in [6.07, 6.45) is 2.97. The first-order chi connectivity index (χ1) is 11.2. The quantitative estimate of drug-likeness (QED) is 0.752. The van der Waals surface area contributed by atoms with Gasteiger partial charge in [-0.2, -0.15) is 11.8 Å². The number of pyridine rings is 1. The minimum absolute atomic E-state index is 0.0290. The van der Waals surface area contributed by atoms with E-state index in [0.29, 0.717) is 0 Å². The standard InChI is InChI=1S/C17H28N4OS/c1-3-23-13-5-10-18-17(22)20-15-8-11-21(12-9-15)16-7-4-6-14(2)19-16/h4,6-7,15H,3,5,8-13H2,1-2H3,(H2,18,20,22). The number of anilines is 1. The lowest BCUT2D eigenvalue weighted by atomic mass is 10.1. The second kappa shape index (κ2) is 9.65. The van der Waals surface area contributed by atoms with Crippen LogP contribution in [-0.4, -0.2) is 48.2 Å². The van der Waals surface area contributed by atoms with E-state index in [4.69, 9.17) is 0 Å². The Balaban J connectivity index is 1.65. The highest BCUT2D eigenvalue weighted by Gasteiger charge is 2.21. The van der Waals surface area contributed by atoms with Gasteiger partial charge in [0.05, 0.1) is 0 Å². The van der Waals surface area contributed by atoms with Crippen LogP contribution in [0.5, 0.6) is 0 Å². The molecule has 1 saturated heterocycles. The molecule has 2 amide bonds. The SMILES string of the molecule is CCSCCCNC(=O)NC1CCN(c2cccc(C)n2)CC1. The third-order valence-electron chi connectivity index (χ3n) is 3.98. The van der Waals surface area contributed by atoms with Gasteiger partial charge in [-0.05, 0) is 49.8 Å². The minimum atomic E-state index is -0.0290. The van der Waals surface area contributed by atoms with E-state index < -0.39 is 0 Å². The number of piperidine rings is 1. The number of carbonyl (C=O) groups is 1. The van der Waals surface area contributed by atoms with Gasteiger partial charge in [0.2, 0.25) is 0 Å². The van der Waals surface area contributed by atoms with Crippen LogP contribution in [0.15, 0.2) is 18.2 Å². The summed E-state index contributed by atoms with van der Waals surface area (Å²) < 4.78 is 0. The van der Waals surface area contributed by atoms with Crippen LogP contribution in [0.25, 0.3) is 0 Å². The predicted octanol–water partition coefficient (Wildman–Crippen LogP) is 2.80. The molecular weight excluding hydrogens is 308 g/mol. The highest BCUT2D eigenvalue weighted by molar-refractivity contribution is 7.99. The van der Waals surface area contributed by atoms with Crippen LogP contribution in [-0.2, 0) is 0 Å². The minimum Gasteiger partial charge on any atom is -0.356 e. The molecule has 23 heavy (non-hydrogen) atoms. The first-order valence-electron chi connectivity index (χ1n) is 8.49. The van der Waals surface area contributed by atoms with Crippen molar-refractivity contribution in [1.29, 1.82) is 0 Å². The van der Waals surface area contributed by atoms with E-state index in [1.54, 1.807) is 0 Å². The second-order valence-electron chi connectivity index (χ2n) is 5.85. The van der Waals surface area contributed by atoms with Crippen LogP contribution in [0.1, 0.15) is 31.9 Å². The lowest BCUT2D eigenvalue weighted by Crippen LogP contribution is -2.48. The Labute approximate surface area is 143 Å². The Bertz CT molecular complexity index is 489. The number of carbonyl (C=O) groups excluding carboxylic acids is 1. The lowest BCUT2D eigenvalue weighted by molar-refractivity contribution is 0.234. The molecule has 1 aromatic rings. The van der Waals surface area contributed by atoms with E-state index in [0.717, 1.165) is 61.9 Å². The molecule has 0 radical (unpaired) electrons. The van der Waals surface area contributed by atoms with Crippen LogP contribution in [0.3, 0.4) is 0 Å². The molecule has 6 heteroatoms. The zero-order chi connectivity index (χ0) is 16.5. The van der Waals surface area contributed by atoms with Gasteiger partial charge < -0.3 is 15.5 Å². The molecule has 2 heterocycles. The van der Waals surface area contributed by atoms with E-state index >= 15 is 0 Å². The summed E-state index contributed by atoms with van der Waals surface area (Å²) >= 11 is 1.91. The van der Waals surface area contributed by atoms with Gasteiger partial charge in [0, 0.05) is 31.4 Å². The van der Waals surface area contributed by atoms with Crippen LogP contribution < -0.4 is 15.5 Å². The Morgan fingerprint density at radius 3 is 2.87 bits per heavy atom. The molecule has 0 bridgehead atoms. The molecule has 0 unspecified atom stereocenters. The Kier molecular flexibility index (Phi) is 7.52. The molecule has 5 nitrogen and oxygen atoms in total. The monoisotopic (exact) mass is 336 g/mol. The Morgan fingerprint density at radius 2 is 2.17 bits per heavy atom. The van der Waals surface area contributed by atoms with Gasteiger partial charge >= 0.3 is 6.03 Å². The number of urea groups is 1. The molecule has 1 aliphatic heterocycles. The average Bonchev–Trinajstić information content (AvgIpc) is 2.55. The van der Waals surface area contributed by atoms with Gasteiger partial charge in [-0.3, -0.25) is 0 Å². The third kappa shape index (κ3) is 6.29. The van der Waals surface area contributed by atoms with E-state index in [2.05, 4.69) is 33.5 Å². The van der Waals surface area contributed by atoms with E-state index in [1.165, 1.54) is 0 Å². The van der Waals surface area contributed by atoms with Crippen LogP contribution >= 0.6 is 11.8 Å². The van der Waals surface area contributed by atoms with Crippen molar-refractivity contribution in [3.8, 4) is 0 Å². The van der Waals surface area contributed by atoms with Crippen LogP contribution in [0.4, 0.5) is 10.6 Å². The van der Waals surface area contributed by atoms with Crippen molar-refractivity contribution >= 4 is 23.6 Å². The molecule has 0 aliphatic carbocycles. The molecule has 2 rings (SSSR count). The lowest BCUT2D eigenvalue weighted by Gasteiger charge is -2.33. The van der Waals surface area contributed by atoms with E-state index in [1.807, 2.05) is 30.8 Å². The predicted molar refractivity (Wildman–Crippen MR) is 98.4 cm³/mol. The van der Waals surface area contributed by atoms with Crippen molar-refractivity contribution in [2.24, 2.45) is 0 Å². The molecule has 0 atom stereocenters. The molecule has 1 fully saturated rings. The number of nitrogens with zero attached hydrogens (tertiary/aromatic N) is 2. The smallest absolute Gasteiger partial charge is 0.315 e.